The van der Waals surface area contributed by atoms with Gasteiger partial charge in [-0.05, 0) is 41.3 Å². The lowest BCUT2D eigenvalue weighted by atomic mass is 10.0. The van der Waals surface area contributed by atoms with Gasteiger partial charge in [-0.25, -0.2) is 0 Å². The quantitative estimate of drug-likeness (QED) is 0.778. The van der Waals surface area contributed by atoms with Gasteiger partial charge in [-0.1, -0.05) is 13.3 Å². The summed E-state index contributed by atoms with van der Waals surface area (Å²) in [5.74, 6) is 2.07. The summed E-state index contributed by atoms with van der Waals surface area (Å²) in [4.78, 5) is 0. The molecule has 0 spiro atoms. The first-order valence-electron chi connectivity index (χ1n) is 6.18. The van der Waals surface area contributed by atoms with E-state index in [-0.39, 0.29) is 0 Å². The summed E-state index contributed by atoms with van der Waals surface area (Å²) in [6, 6.07) is 3.72. The molecule has 2 aromatic heterocycles. The van der Waals surface area contributed by atoms with Gasteiger partial charge in [-0.3, -0.25) is 0 Å². The number of anilines is 1. The third-order valence-electron chi connectivity index (χ3n) is 2.86. The SMILES string of the molecule is CCCC(CCCl)CNc1ccc2nnnn2n1. The summed E-state index contributed by atoms with van der Waals surface area (Å²) in [5, 5.41) is 18.7. The second kappa shape index (κ2) is 6.49. The Kier molecular flexibility index (Phi) is 4.69. The minimum Gasteiger partial charge on any atom is -0.368 e. The van der Waals surface area contributed by atoms with Crippen molar-refractivity contribution in [3.63, 3.8) is 0 Å². The first-order chi connectivity index (χ1) is 8.83. The van der Waals surface area contributed by atoms with Gasteiger partial charge in [0.25, 0.3) is 0 Å². The van der Waals surface area contributed by atoms with Gasteiger partial charge in [0.1, 0.15) is 5.82 Å². The van der Waals surface area contributed by atoms with Crippen molar-refractivity contribution in [1.29, 1.82) is 0 Å². The van der Waals surface area contributed by atoms with Crippen LogP contribution in [0.4, 0.5) is 5.82 Å². The van der Waals surface area contributed by atoms with E-state index in [1.54, 1.807) is 0 Å². The molecule has 0 aliphatic carbocycles. The normalized spacial score (nSPS) is 12.8. The van der Waals surface area contributed by atoms with E-state index >= 15 is 0 Å². The van der Waals surface area contributed by atoms with Crippen LogP contribution in [-0.4, -0.2) is 37.7 Å². The molecule has 0 fully saturated rings. The summed E-state index contributed by atoms with van der Waals surface area (Å²) >= 11 is 5.80. The first kappa shape index (κ1) is 13.0. The molecule has 1 atom stereocenters. The monoisotopic (exact) mass is 268 g/mol. The average Bonchev–Trinajstić information content (AvgIpc) is 2.84. The van der Waals surface area contributed by atoms with E-state index in [0.29, 0.717) is 17.4 Å². The van der Waals surface area contributed by atoms with Crippen LogP contribution in [-0.2, 0) is 0 Å². The molecule has 0 radical (unpaired) electrons. The number of rotatable bonds is 7. The lowest BCUT2D eigenvalue weighted by molar-refractivity contribution is 0.489. The van der Waals surface area contributed by atoms with Crippen LogP contribution in [0.1, 0.15) is 26.2 Å². The zero-order chi connectivity index (χ0) is 12.8. The maximum Gasteiger partial charge on any atom is 0.200 e. The van der Waals surface area contributed by atoms with Crippen LogP contribution in [0, 0.1) is 5.92 Å². The summed E-state index contributed by atoms with van der Waals surface area (Å²) in [7, 11) is 0. The molecule has 0 saturated heterocycles. The topological polar surface area (TPSA) is 68.0 Å². The van der Waals surface area contributed by atoms with Crippen molar-refractivity contribution < 1.29 is 0 Å². The molecule has 1 unspecified atom stereocenters. The molecule has 1 N–H and O–H groups in total. The minimum atomic E-state index is 0.582. The molecule has 98 valence electrons. The van der Waals surface area contributed by atoms with E-state index < -0.39 is 0 Å². The number of hydrogen-bond acceptors (Lipinski definition) is 5. The first-order valence-corrected chi connectivity index (χ1v) is 6.72. The summed E-state index contributed by atoms with van der Waals surface area (Å²) in [5.41, 5.74) is 0.645. The molecule has 2 rings (SSSR count). The van der Waals surface area contributed by atoms with Crippen molar-refractivity contribution in [1.82, 2.24) is 25.3 Å². The molecule has 0 aliphatic rings. The molecule has 6 nitrogen and oxygen atoms in total. The number of halogens is 1. The fraction of sp³-hybridized carbons (Fsp3) is 0.636. The molecule has 2 heterocycles. The maximum absolute atomic E-state index is 5.80. The molecule has 0 aliphatic heterocycles. The highest BCUT2D eigenvalue weighted by molar-refractivity contribution is 6.17. The number of tetrazole rings is 1. The van der Waals surface area contributed by atoms with E-state index in [0.717, 1.165) is 18.8 Å². The summed E-state index contributed by atoms with van der Waals surface area (Å²) in [6.07, 6.45) is 3.37. The van der Waals surface area contributed by atoms with Crippen LogP contribution < -0.4 is 5.32 Å². The van der Waals surface area contributed by atoms with Crippen LogP contribution in [0.3, 0.4) is 0 Å². The number of hydrogen-bond donors (Lipinski definition) is 1. The number of alkyl halides is 1. The molecule has 0 amide bonds. The van der Waals surface area contributed by atoms with E-state index in [1.807, 2.05) is 12.1 Å². The predicted octanol–water partition coefficient (Wildman–Crippen LogP) is 1.98. The molecule has 7 heteroatoms. The fourth-order valence-electron chi connectivity index (χ4n) is 1.90. The van der Waals surface area contributed by atoms with Gasteiger partial charge in [-0.2, -0.15) is 0 Å². The van der Waals surface area contributed by atoms with Crippen molar-refractivity contribution in [3.05, 3.63) is 12.1 Å². The molecular weight excluding hydrogens is 252 g/mol. The highest BCUT2D eigenvalue weighted by atomic mass is 35.5. The fourth-order valence-corrected chi connectivity index (χ4v) is 2.21. The van der Waals surface area contributed by atoms with Gasteiger partial charge in [0.05, 0.1) is 0 Å². The van der Waals surface area contributed by atoms with Crippen LogP contribution in [0.25, 0.3) is 5.65 Å². The highest BCUT2D eigenvalue weighted by Crippen LogP contribution is 2.13. The highest BCUT2D eigenvalue weighted by Gasteiger charge is 2.08. The zero-order valence-electron chi connectivity index (χ0n) is 10.4. The Morgan fingerprint density at radius 3 is 3.06 bits per heavy atom. The Hall–Kier alpha value is -1.43. The molecule has 0 aromatic carbocycles. The van der Waals surface area contributed by atoms with Crippen LogP contribution in [0.15, 0.2) is 12.1 Å². The lowest BCUT2D eigenvalue weighted by Gasteiger charge is -2.15. The largest absolute Gasteiger partial charge is 0.368 e. The number of nitrogens with zero attached hydrogens (tertiary/aromatic N) is 5. The Balaban J connectivity index is 1.95. The molecule has 2 aromatic rings. The van der Waals surface area contributed by atoms with E-state index in [1.165, 1.54) is 17.5 Å². The van der Waals surface area contributed by atoms with Gasteiger partial charge < -0.3 is 5.32 Å². The molecular formula is C11H17ClN6. The maximum atomic E-state index is 5.80. The van der Waals surface area contributed by atoms with Gasteiger partial charge in [-0.15, -0.1) is 26.4 Å². The second-order valence-corrected chi connectivity index (χ2v) is 4.64. The van der Waals surface area contributed by atoms with Gasteiger partial charge >= 0.3 is 0 Å². The van der Waals surface area contributed by atoms with E-state index in [2.05, 4.69) is 32.9 Å². The van der Waals surface area contributed by atoms with Crippen molar-refractivity contribution >= 4 is 23.1 Å². The van der Waals surface area contributed by atoms with Gasteiger partial charge in [0.2, 0.25) is 0 Å². The van der Waals surface area contributed by atoms with Crippen molar-refractivity contribution in [2.24, 2.45) is 5.92 Å². The van der Waals surface area contributed by atoms with Gasteiger partial charge in [0.15, 0.2) is 5.65 Å². The second-order valence-electron chi connectivity index (χ2n) is 4.26. The van der Waals surface area contributed by atoms with Crippen LogP contribution in [0.5, 0.6) is 0 Å². The molecule has 0 saturated carbocycles. The van der Waals surface area contributed by atoms with E-state index in [9.17, 15) is 0 Å². The standard InChI is InChI=1S/C11H17ClN6/c1-2-3-9(6-7-12)8-13-10-4-5-11-14-16-17-18(11)15-10/h4-5,9H,2-3,6-8H2,1H3,(H,13,15). The van der Waals surface area contributed by atoms with E-state index in [4.69, 9.17) is 11.6 Å². The third kappa shape index (κ3) is 3.29. The molecule has 0 bridgehead atoms. The van der Waals surface area contributed by atoms with Crippen molar-refractivity contribution in [3.8, 4) is 0 Å². The zero-order valence-corrected chi connectivity index (χ0v) is 11.1. The number of fused-ring (bicyclic) bond motifs is 1. The molecule has 18 heavy (non-hydrogen) atoms. The summed E-state index contributed by atoms with van der Waals surface area (Å²) in [6.45, 7) is 3.06. The lowest BCUT2D eigenvalue weighted by Crippen LogP contribution is -2.16. The minimum absolute atomic E-state index is 0.582. The van der Waals surface area contributed by atoms with Crippen LogP contribution in [0.2, 0.25) is 0 Å². The third-order valence-corrected chi connectivity index (χ3v) is 3.07. The Morgan fingerprint density at radius 1 is 1.39 bits per heavy atom. The number of nitrogens with one attached hydrogen (secondary N) is 1. The number of aromatic nitrogens is 5. The van der Waals surface area contributed by atoms with Crippen molar-refractivity contribution in [2.45, 2.75) is 26.2 Å². The summed E-state index contributed by atoms with van der Waals surface area (Å²) < 4.78 is 1.42. The average molecular weight is 269 g/mol. The Bertz CT molecular complexity index is 479. The Morgan fingerprint density at radius 2 is 2.28 bits per heavy atom. The smallest absolute Gasteiger partial charge is 0.200 e. The Labute approximate surface area is 111 Å². The van der Waals surface area contributed by atoms with Crippen LogP contribution >= 0.6 is 11.6 Å². The van der Waals surface area contributed by atoms with Crippen molar-refractivity contribution in [2.75, 3.05) is 17.7 Å². The predicted molar refractivity (Wildman–Crippen MR) is 70.8 cm³/mol. The van der Waals surface area contributed by atoms with Gasteiger partial charge in [0, 0.05) is 12.4 Å².